The van der Waals surface area contributed by atoms with Crippen molar-refractivity contribution in [2.75, 3.05) is 12.3 Å². The monoisotopic (exact) mass is 132 g/mol. The van der Waals surface area contributed by atoms with Gasteiger partial charge in [0.05, 0.1) is 0 Å². The Bertz CT molecular complexity index is 171. The summed E-state index contributed by atoms with van der Waals surface area (Å²) in [6.45, 7) is 1.88. The second-order valence-corrected chi connectivity index (χ2v) is 4.61. The lowest BCUT2D eigenvalue weighted by atomic mass is 10.3. The highest BCUT2D eigenvalue weighted by atomic mass is 31.2. The Morgan fingerprint density at radius 1 is 1.88 bits per heavy atom. The van der Waals surface area contributed by atoms with Gasteiger partial charge < -0.3 is 4.89 Å². The van der Waals surface area contributed by atoms with E-state index >= 15 is 0 Å². The molecule has 1 rings (SSSR count). The Hall–Kier alpha value is -0.0700. The zero-order valence-corrected chi connectivity index (χ0v) is 5.69. The molecule has 1 aliphatic heterocycles. The molecule has 1 heterocycles. The molecule has 3 heteroatoms. The van der Waals surface area contributed by atoms with E-state index in [2.05, 4.69) is 0 Å². The maximum atomic E-state index is 10.7. The Labute approximate surface area is 48.7 Å². The van der Waals surface area contributed by atoms with Gasteiger partial charge in [-0.2, -0.15) is 0 Å². The van der Waals surface area contributed by atoms with Crippen molar-refractivity contribution in [3.63, 3.8) is 0 Å². The molecule has 0 saturated heterocycles. The third-order valence-corrected chi connectivity index (χ3v) is 2.97. The van der Waals surface area contributed by atoms with Crippen molar-refractivity contribution in [2.24, 2.45) is 0 Å². The lowest BCUT2D eigenvalue weighted by Gasteiger charge is -1.98. The van der Waals surface area contributed by atoms with Crippen LogP contribution in [0.2, 0.25) is 0 Å². The summed E-state index contributed by atoms with van der Waals surface area (Å²) in [5.41, 5.74) is 1.05. The molecule has 8 heavy (non-hydrogen) atoms. The van der Waals surface area contributed by atoms with Crippen LogP contribution in [0.5, 0.6) is 0 Å². The summed E-state index contributed by atoms with van der Waals surface area (Å²) in [6, 6.07) is 0. The van der Waals surface area contributed by atoms with E-state index in [1.807, 2.05) is 13.0 Å². The fourth-order valence-electron chi connectivity index (χ4n) is 0.817. The predicted octanol–water partition coefficient (Wildman–Crippen LogP) is 1.22. The minimum Gasteiger partial charge on any atom is -0.344 e. The molecule has 0 aromatic carbocycles. The normalized spacial score (nSPS) is 37.5. The second kappa shape index (κ2) is 1.71. The SMILES string of the molecule is CC1=CCP(=O)(O)C1. The van der Waals surface area contributed by atoms with Crippen molar-refractivity contribution in [3.8, 4) is 0 Å². The molecular weight excluding hydrogens is 123 g/mol. The van der Waals surface area contributed by atoms with Gasteiger partial charge in [0, 0.05) is 12.3 Å². The summed E-state index contributed by atoms with van der Waals surface area (Å²) in [6.07, 6.45) is 2.63. The van der Waals surface area contributed by atoms with Crippen LogP contribution in [0.1, 0.15) is 6.92 Å². The molecule has 0 fully saturated rings. The molecule has 1 atom stereocenters. The quantitative estimate of drug-likeness (QED) is 0.397. The minimum absolute atomic E-state index is 0.388. The van der Waals surface area contributed by atoms with E-state index in [0.717, 1.165) is 5.57 Å². The van der Waals surface area contributed by atoms with Crippen LogP contribution in [-0.4, -0.2) is 17.2 Å². The number of hydrogen-bond donors (Lipinski definition) is 1. The van der Waals surface area contributed by atoms with E-state index < -0.39 is 7.37 Å². The van der Waals surface area contributed by atoms with Crippen molar-refractivity contribution in [1.82, 2.24) is 0 Å². The second-order valence-electron chi connectivity index (χ2n) is 2.24. The molecule has 46 valence electrons. The predicted molar refractivity (Wildman–Crippen MR) is 33.3 cm³/mol. The van der Waals surface area contributed by atoms with Crippen LogP contribution in [0.15, 0.2) is 11.6 Å². The molecule has 1 unspecified atom stereocenters. The molecule has 0 saturated carbocycles. The Kier molecular flexibility index (Phi) is 1.30. The lowest BCUT2D eigenvalue weighted by molar-refractivity contribution is 0.486. The molecule has 0 radical (unpaired) electrons. The van der Waals surface area contributed by atoms with Crippen molar-refractivity contribution in [2.45, 2.75) is 6.92 Å². The average molecular weight is 132 g/mol. The standard InChI is InChI=1S/C5H9O2P/c1-5-2-3-8(6,7)4-5/h2H,3-4H2,1H3,(H,6,7). The van der Waals surface area contributed by atoms with Crippen molar-refractivity contribution in [3.05, 3.63) is 11.6 Å². The zero-order chi connectivity index (χ0) is 6.20. The van der Waals surface area contributed by atoms with Crippen LogP contribution < -0.4 is 0 Å². The highest BCUT2D eigenvalue weighted by Crippen LogP contribution is 2.46. The largest absolute Gasteiger partial charge is 0.344 e. The van der Waals surface area contributed by atoms with E-state index in [0.29, 0.717) is 12.3 Å². The molecule has 2 nitrogen and oxygen atoms in total. The van der Waals surface area contributed by atoms with Crippen LogP contribution in [0.25, 0.3) is 0 Å². The van der Waals surface area contributed by atoms with Crippen LogP contribution in [0, 0.1) is 0 Å². The third-order valence-electron chi connectivity index (χ3n) is 1.22. The highest BCUT2D eigenvalue weighted by Gasteiger charge is 2.21. The number of hydrogen-bond acceptors (Lipinski definition) is 1. The van der Waals surface area contributed by atoms with Gasteiger partial charge in [-0.1, -0.05) is 11.6 Å². The summed E-state index contributed by atoms with van der Waals surface area (Å²) < 4.78 is 10.7. The molecule has 0 aliphatic carbocycles. The first-order valence-electron chi connectivity index (χ1n) is 2.57. The van der Waals surface area contributed by atoms with E-state index in [1.54, 1.807) is 0 Å². The molecule has 1 N–H and O–H groups in total. The van der Waals surface area contributed by atoms with Gasteiger partial charge in [-0.3, -0.25) is 4.57 Å². The summed E-state index contributed by atoms with van der Waals surface area (Å²) >= 11 is 0. The van der Waals surface area contributed by atoms with Gasteiger partial charge in [-0.15, -0.1) is 0 Å². The molecule has 0 spiro atoms. The number of rotatable bonds is 0. The molecule has 0 bridgehead atoms. The Morgan fingerprint density at radius 2 is 2.50 bits per heavy atom. The average Bonchev–Trinajstić information content (AvgIpc) is 1.82. The van der Waals surface area contributed by atoms with Crippen LogP contribution in [0.3, 0.4) is 0 Å². The van der Waals surface area contributed by atoms with E-state index in [-0.39, 0.29) is 0 Å². The zero-order valence-electron chi connectivity index (χ0n) is 4.79. The van der Waals surface area contributed by atoms with Gasteiger partial charge in [0.2, 0.25) is 7.37 Å². The van der Waals surface area contributed by atoms with E-state index in [1.165, 1.54) is 0 Å². The van der Waals surface area contributed by atoms with E-state index in [4.69, 9.17) is 4.89 Å². The van der Waals surface area contributed by atoms with Gasteiger partial charge in [0.15, 0.2) is 0 Å². The molecule has 0 amide bonds. The lowest BCUT2D eigenvalue weighted by Crippen LogP contribution is -1.81. The third kappa shape index (κ3) is 1.21. The van der Waals surface area contributed by atoms with Crippen LogP contribution in [0.4, 0.5) is 0 Å². The van der Waals surface area contributed by atoms with Crippen molar-refractivity contribution in [1.29, 1.82) is 0 Å². The van der Waals surface area contributed by atoms with Gasteiger partial charge >= 0.3 is 0 Å². The molecule has 0 aromatic heterocycles. The summed E-state index contributed by atoms with van der Waals surface area (Å²) in [5, 5.41) is 0. The van der Waals surface area contributed by atoms with Crippen LogP contribution >= 0.6 is 7.37 Å². The maximum absolute atomic E-state index is 10.7. The van der Waals surface area contributed by atoms with Crippen molar-refractivity contribution >= 4 is 7.37 Å². The minimum atomic E-state index is -2.69. The van der Waals surface area contributed by atoms with Crippen molar-refractivity contribution < 1.29 is 9.46 Å². The fraction of sp³-hybridized carbons (Fsp3) is 0.600. The van der Waals surface area contributed by atoms with E-state index in [9.17, 15) is 4.57 Å². The van der Waals surface area contributed by atoms with Gasteiger partial charge in [-0.05, 0) is 6.92 Å². The van der Waals surface area contributed by atoms with Gasteiger partial charge in [0.25, 0.3) is 0 Å². The first-order chi connectivity index (χ1) is 3.60. The summed E-state index contributed by atoms with van der Waals surface area (Å²) in [7, 11) is -2.69. The molecule has 1 aliphatic rings. The highest BCUT2D eigenvalue weighted by molar-refractivity contribution is 7.58. The summed E-state index contributed by atoms with van der Waals surface area (Å²) in [4.78, 5) is 8.87. The fourth-order valence-corrected chi connectivity index (χ4v) is 2.45. The first-order valence-corrected chi connectivity index (χ1v) is 4.60. The van der Waals surface area contributed by atoms with Gasteiger partial charge in [-0.25, -0.2) is 0 Å². The number of allylic oxidation sites excluding steroid dienone is 2. The summed E-state index contributed by atoms with van der Waals surface area (Å²) in [5.74, 6) is 0. The molecule has 0 aromatic rings. The topological polar surface area (TPSA) is 37.3 Å². The Morgan fingerprint density at radius 3 is 2.62 bits per heavy atom. The van der Waals surface area contributed by atoms with Gasteiger partial charge in [0.1, 0.15) is 0 Å². The first kappa shape index (κ1) is 6.06. The molecular formula is C5H9O2P. The maximum Gasteiger partial charge on any atom is 0.208 e. The smallest absolute Gasteiger partial charge is 0.208 e. The van der Waals surface area contributed by atoms with Crippen LogP contribution in [-0.2, 0) is 4.57 Å². The Balaban J connectivity index is 2.69.